The molecule has 3 nitrogen and oxygen atoms in total. The molecule has 13 heavy (non-hydrogen) atoms. The van der Waals surface area contributed by atoms with E-state index in [0.29, 0.717) is 18.4 Å². The molecule has 0 spiro atoms. The molecule has 0 aromatic rings. The molecule has 0 amide bonds. The van der Waals surface area contributed by atoms with Crippen molar-refractivity contribution in [3.63, 3.8) is 0 Å². The van der Waals surface area contributed by atoms with Gasteiger partial charge < -0.3 is 10.5 Å². The molecule has 0 radical (unpaired) electrons. The predicted molar refractivity (Wildman–Crippen MR) is 51.2 cm³/mol. The molecule has 0 aliphatic heterocycles. The van der Waals surface area contributed by atoms with Crippen molar-refractivity contribution in [3.8, 4) is 0 Å². The van der Waals surface area contributed by atoms with E-state index in [2.05, 4.69) is 4.74 Å². The normalized spacial score (nSPS) is 28.5. The highest BCUT2D eigenvalue weighted by Gasteiger charge is 2.19. The Kier molecular flexibility index (Phi) is 4.22. The van der Waals surface area contributed by atoms with Crippen LogP contribution >= 0.6 is 0 Å². The Bertz CT molecular complexity index is 170. The zero-order valence-corrected chi connectivity index (χ0v) is 8.29. The first-order valence-electron chi connectivity index (χ1n) is 5.04. The Morgan fingerprint density at radius 2 is 2.31 bits per heavy atom. The molecular weight excluding hydrogens is 166 g/mol. The Balaban J connectivity index is 2.17. The van der Waals surface area contributed by atoms with E-state index in [1.165, 1.54) is 20.0 Å². The molecule has 2 atom stereocenters. The van der Waals surface area contributed by atoms with Crippen molar-refractivity contribution in [2.24, 2.45) is 11.7 Å². The molecule has 1 aliphatic carbocycles. The molecule has 76 valence electrons. The van der Waals surface area contributed by atoms with Crippen molar-refractivity contribution in [3.05, 3.63) is 0 Å². The highest BCUT2D eigenvalue weighted by atomic mass is 16.5. The molecule has 0 aromatic heterocycles. The Morgan fingerprint density at radius 1 is 1.54 bits per heavy atom. The number of nitrogens with two attached hydrogens (primary N) is 1. The third-order valence-electron chi connectivity index (χ3n) is 2.81. The molecule has 3 heteroatoms. The Morgan fingerprint density at radius 3 is 2.92 bits per heavy atom. The second-order valence-corrected chi connectivity index (χ2v) is 3.91. The summed E-state index contributed by atoms with van der Waals surface area (Å²) in [6, 6.07) is 0.358. The molecule has 2 N–H and O–H groups in total. The van der Waals surface area contributed by atoms with Gasteiger partial charge in [-0.2, -0.15) is 0 Å². The molecule has 1 fully saturated rings. The summed E-state index contributed by atoms with van der Waals surface area (Å²) in [6.45, 7) is 0. The van der Waals surface area contributed by atoms with Crippen LogP contribution in [0.25, 0.3) is 0 Å². The topological polar surface area (TPSA) is 52.3 Å². The van der Waals surface area contributed by atoms with E-state index in [4.69, 9.17) is 5.73 Å². The summed E-state index contributed by atoms with van der Waals surface area (Å²) in [7, 11) is 1.44. The van der Waals surface area contributed by atoms with E-state index in [9.17, 15) is 4.79 Å². The zero-order chi connectivity index (χ0) is 9.68. The van der Waals surface area contributed by atoms with Crippen LogP contribution in [-0.4, -0.2) is 19.1 Å². The van der Waals surface area contributed by atoms with Gasteiger partial charge in [0.15, 0.2) is 0 Å². The summed E-state index contributed by atoms with van der Waals surface area (Å²) < 4.78 is 4.60. The maximum atomic E-state index is 10.9. The quantitative estimate of drug-likeness (QED) is 0.677. The van der Waals surface area contributed by atoms with E-state index < -0.39 is 0 Å². The molecule has 0 bridgehead atoms. The average molecular weight is 185 g/mol. The number of methoxy groups -OCH3 is 1. The first-order valence-corrected chi connectivity index (χ1v) is 5.04. The van der Waals surface area contributed by atoms with Crippen molar-refractivity contribution >= 4 is 5.97 Å². The minimum atomic E-state index is -0.0980. The summed E-state index contributed by atoms with van der Waals surface area (Å²) in [5.74, 6) is 0.544. The molecule has 1 saturated carbocycles. The third-order valence-corrected chi connectivity index (χ3v) is 2.81. The molecular formula is C10H19NO2. The van der Waals surface area contributed by atoms with Crippen LogP contribution in [0.15, 0.2) is 0 Å². The maximum absolute atomic E-state index is 10.9. The second kappa shape index (κ2) is 5.22. The monoisotopic (exact) mass is 185 g/mol. The van der Waals surface area contributed by atoms with Crippen molar-refractivity contribution in [2.75, 3.05) is 7.11 Å². The number of esters is 1. The van der Waals surface area contributed by atoms with Crippen molar-refractivity contribution in [1.82, 2.24) is 0 Å². The van der Waals surface area contributed by atoms with Crippen LogP contribution < -0.4 is 5.73 Å². The molecule has 0 heterocycles. The van der Waals surface area contributed by atoms with Crippen molar-refractivity contribution < 1.29 is 9.53 Å². The minimum Gasteiger partial charge on any atom is -0.469 e. The van der Waals surface area contributed by atoms with Crippen LogP contribution in [0, 0.1) is 5.92 Å². The van der Waals surface area contributed by atoms with E-state index >= 15 is 0 Å². The van der Waals surface area contributed by atoms with Crippen LogP contribution in [0.4, 0.5) is 0 Å². The van der Waals surface area contributed by atoms with E-state index in [1.807, 2.05) is 0 Å². The van der Waals surface area contributed by atoms with Crippen molar-refractivity contribution in [2.45, 2.75) is 44.6 Å². The molecule has 0 unspecified atom stereocenters. The van der Waals surface area contributed by atoms with Gasteiger partial charge in [-0.1, -0.05) is 12.8 Å². The molecule has 1 rings (SSSR count). The number of ether oxygens (including phenoxy) is 1. The number of rotatable bonds is 3. The van der Waals surface area contributed by atoms with E-state index in [0.717, 1.165) is 19.3 Å². The van der Waals surface area contributed by atoms with Gasteiger partial charge in [-0.25, -0.2) is 0 Å². The molecule has 0 aromatic carbocycles. The highest BCUT2D eigenvalue weighted by Crippen LogP contribution is 2.26. The zero-order valence-electron chi connectivity index (χ0n) is 8.29. The van der Waals surface area contributed by atoms with E-state index in [-0.39, 0.29) is 5.97 Å². The van der Waals surface area contributed by atoms with Crippen LogP contribution in [0.5, 0.6) is 0 Å². The fourth-order valence-electron chi connectivity index (χ4n) is 2.02. The van der Waals surface area contributed by atoms with Crippen LogP contribution in [-0.2, 0) is 9.53 Å². The van der Waals surface area contributed by atoms with Crippen molar-refractivity contribution in [1.29, 1.82) is 0 Å². The predicted octanol–water partition coefficient (Wildman–Crippen LogP) is 1.46. The first kappa shape index (κ1) is 10.5. The van der Waals surface area contributed by atoms with Gasteiger partial charge in [0, 0.05) is 12.5 Å². The highest BCUT2D eigenvalue weighted by molar-refractivity contribution is 5.69. The summed E-state index contributed by atoms with van der Waals surface area (Å²) in [4.78, 5) is 10.9. The first-order chi connectivity index (χ1) is 6.22. The van der Waals surface area contributed by atoms with Gasteiger partial charge in [-0.15, -0.1) is 0 Å². The molecule has 1 aliphatic rings. The summed E-state index contributed by atoms with van der Waals surface area (Å²) in [6.07, 6.45) is 6.16. The lowest BCUT2D eigenvalue weighted by Crippen LogP contribution is -2.28. The van der Waals surface area contributed by atoms with Gasteiger partial charge in [0.1, 0.15) is 0 Å². The van der Waals surface area contributed by atoms with Gasteiger partial charge in [-0.05, 0) is 25.2 Å². The lowest BCUT2D eigenvalue weighted by atomic mass is 9.83. The van der Waals surface area contributed by atoms with Gasteiger partial charge >= 0.3 is 5.97 Å². The smallest absolute Gasteiger partial charge is 0.305 e. The van der Waals surface area contributed by atoms with Crippen LogP contribution in [0.2, 0.25) is 0 Å². The van der Waals surface area contributed by atoms with Crippen LogP contribution in [0.1, 0.15) is 38.5 Å². The third kappa shape index (κ3) is 3.77. The summed E-state index contributed by atoms with van der Waals surface area (Å²) in [5, 5.41) is 0. The van der Waals surface area contributed by atoms with Gasteiger partial charge in [0.2, 0.25) is 0 Å². The molecule has 0 saturated heterocycles. The standard InChI is InChI=1S/C10H19NO2/c1-13-10(12)6-5-8-3-2-4-9(11)7-8/h8-9H,2-7,11H2,1H3/t8-,9+/m1/s1. The average Bonchev–Trinajstić information content (AvgIpc) is 2.14. The largest absolute Gasteiger partial charge is 0.469 e. The number of hydrogen-bond donors (Lipinski definition) is 1. The SMILES string of the molecule is COC(=O)CC[C@H]1CCC[C@H](N)C1. The minimum absolute atomic E-state index is 0.0980. The Hall–Kier alpha value is -0.570. The number of hydrogen-bond acceptors (Lipinski definition) is 3. The Labute approximate surface area is 79.6 Å². The number of carbonyl (C=O) groups is 1. The number of carbonyl (C=O) groups excluding carboxylic acids is 1. The summed E-state index contributed by atoms with van der Waals surface area (Å²) in [5.41, 5.74) is 5.85. The van der Waals surface area contributed by atoms with E-state index in [1.54, 1.807) is 0 Å². The summed E-state index contributed by atoms with van der Waals surface area (Å²) >= 11 is 0. The lowest BCUT2D eigenvalue weighted by Gasteiger charge is -2.26. The lowest BCUT2D eigenvalue weighted by molar-refractivity contribution is -0.141. The van der Waals surface area contributed by atoms with Gasteiger partial charge in [-0.3, -0.25) is 4.79 Å². The van der Waals surface area contributed by atoms with Gasteiger partial charge in [0.05, 0.1) is 7.11 Å². The van der Waals surface area contributed by atoms with Crippen LogP contribution in [0.3, 0.4) is 0 Å². The fraction of sp³-hybridized carbons (Fsp3) is 0.900. The maximum Gasteiger partial charge on any atom is 0.305 e. The second-order valence-electron chi connectivity index (χ2n) is 3.91. The fourth-order valence-corrected chi connectivity index (χ4v) is 2.02. The van der Waals surface area contributed by atoms with Gasteiger partial charge in [0.25, 0.3) is 0 Å².